The Balaban J connectivity index is 1.96. The fraction of sp³-hybridized carbons (Fsp3) is 0.250. The molecule has 0 aromatic heterocycles. The first-order valence-electron chi connectivity index (χ1n) is 6.09. The average molecular weight is 225 g/mol. The molecule has 88 valence electrons. The van der Waals surface area contributed by atoms with Crippen LogP contribution in [-0.4, -0.2) is 6.04 Å². The van der Waals surface area contributed by atoms with E-state index in [1.807, 2.05) is 6.07 Å². The summed E-state index contributed by atoms with van der Waals surface area (Å²) in [5.41, 5.74) is 10.1. The normalized spacial score (nSPS) is 12.4. The van der Waals surface area contributed by atoms with Gasteiger partial charge in [0.2, 0.25) is 0 Å². The summed E-state index contributed by atoms with van der Waals surface area (Å²) in [5.74, 6) is 0. The molecule has 0 aliphatic heterocycles. The number of benzene rings is 2. The van der Waals surface area contributed by atoms with Gasteiger partial charge in [-0.05, 0) is 30.9 Å². The molecule has 0 amide bonds. The fourth-order valence-corrected chi connectivity index (χ4v) is 2.13. The predicted octanol–water partition coefficient (Wildman–Crippen LogP) is 3.11. The molecule has 0 radical (unpaired) electrons. The molecule has 0 aliphatic rings. The molecule has 2 rings (SSSR count). The Hall–Kier alpha value is -1.60. The van der Waals surface area contributed by atoms with Gasteiger partial charge in [0.05, 0.1) is 0 Å². The number of nitrogens with two attached hydrogens (primary N) is 1. The highest BCUT2D eigenvalue weighted by molar-refractivity contribution is 5.24. The lowest BCUT2D eigenvalue weighted by atomic mass is 9.99. The summed E-state index contributed by atoms with van der Waals surface area (Å²) in [5, 5.41) is 0. The Morgan fingerprint density at radius 1 is 0.882 bits per heavy atom. The highest BCUT2D eigenvalue weighted by atomic mass is 14.6. The zero-order valence-electron chi connectivity index (χ0n) is 10.3. The van der Waals surface area contributed by atoms with E-state index in [0.29, 0.717) is 0 Å². The molecule has 0 heterocycles. The smallest absolute Gasteiger partial charge is 0.0120 e. The monoisotopic (exact) mass is 225 g/mol. The minimum absolute atomic E-state index is 0.194. The summed E-state index contributed by atoms with van der Waals surface area (Å²) in [6, 6.07) is 19.2. The van der Waals surface area contributed by atoms with E-state index >= 15 is 0 Å². The number of aryl methyl sites for hydroxylation is 1. The van der Waals surface area contributed by atoms with E-state index < -0.39 is 0 Å². The third kappa shape index (κ3) is 3.72. The molecule has 2 aromatic rings. The maximum absolute atomic E-state index is 6.19. The highest BCUT2D eigenvalue weighted by Crippen LogP contribution is 2.09. The van der Waals surface area contributed by atoms with Crippen LogP contribution in [0.1, 0.15) is 16.7 Å². The second-order valence-corrected chi connectivity index (χ2v) is 4.64. The van der Waals surface area contributed by atoms with Crippen LogP contribution in [0, 0.1) is 6.92 Å². The van der Waals surface area contributed by atoms with Crippen molar-refractivity contribution in [2.45, 2.75) is 25.8 Å². The van der Waals surface area contributed by atoms with Gasteiger partial charge in [-0.25, -0.2) is 0 Å². The summed E-state index contributed by atoms with van der Waals surface area (Å²) >= 11 is 0. The van der Waals surface area contributed by atoms with Crippen molar-refractivity contribution in [3.05, 3.63) is 71.3 Å². The molecule has 0 aliphatic carbocycles. The van der Waals surface area contributed by atoms with Crippen LogP contribution in [0.5, 0.6) is 0 Å². The first-order valence-corrected chi connectivity index (χ1v) is 6.09. The molecule has 0 bridgehead atoms. The van der Waals surface area contributed by atoms with Gasteiger partial charge in [0.25, 0.3) is 0 Å². The van der Waals surface area contributed by atoms with Gasteiger partial charge in [-0.1, -0.05) is 60.2 Å². The van der Waals surface area contributed by atoms with Crippen LogP contribution >= 0.6 is 0 Å². The molecule has 2 aromatic carbocycles. The van der Waals surface area contributed by atoms with E-state index in [-0.39, 0.29) is 6.04 Å². The Labute approximate surface area is 103 Å². The summed E-state index contributed by atoms with van der Waals surface area (Å²) in [4.78, 5) is 0. The number of hydrogen-bond donors (Lipinski definition) is 1. The molecular formula is C16H19N. The molecule has 17 heavy (non-hydrogen) atoms. The van der Waals surface area contributed by atoms with Crippen LogP contribution < -0.4 is 5.73 Å². The van der Waals surface area contributed by atoms with Crippen LogP contribution in [0.25, 0.3) is 0 Å². The predicted molar refractivity (Wildman–Crippen MR) is 73.0 cm³/mol. The quantitative estimate of drug-likeness (QED) is 0.850. The van der Waals surface area contributed by atoms with Gasteiger partial charge in [0.1, 0.15) is 0 Å². The van der Waals surface area contributed by atoms with Gasteiger partial charge in [0.15, 0.2) is 0 Å². The van der Waals surface area contributed by atoms with E-state index in [4.69, 9.17) is 5.73 Å². The zero-order chi connectivity index (χ0) is 12.1. The van der Waals surface area contributed by atoms with Crippen LogP contribution in [0.2, 0.25) is 0 Å². The fourth-order valence-electron chi connectivity index (χ4n) is 2.13. The van der Waals surface area contributed by atoms with Crippen molar-refractivity contribution in [3.8, 4) is 0 Å². The minimum Gasteiger partial charge on any atom is -0.327 e. The molecule has 1 atom stereocenters. The van der Waals surface area contributed by atoms with Gasteiger partial charge in [-0.15, -0.1) is 0 Å². The highest BCUT2D eigenvalue weighted by Gasteiger charge is 2.05. The number of rotatable bonds is 4. The SMILES string of the molecule is Cc1cccc(CC(N)Cc2ccccc2)c1. The lowest BCUT2D eigenvalue weighted by Gasteiger charge is -2.12. The largest absolute Gasteiger partial charge is 0.327 e. The molecule has 1 nitrogen and oxygen atoms in total. The van der Waals surface area contributed by atoms with Gasteiger partial charge < -0.3 is 5.73 Å². The van der Waals surface area contributed by atoms with Crippen LogP contribution in [0.15, 0.2) is 54.6 Å². The van der Waals surface area contributed by atoms with Crippen molar-refractivity contribution in [1.29, 1.82) is 0 Å². The molecular weight excluding hydrogens is 206 g/mol. The van der Waals surface area contributed by atoms with E-state index in [0.717, 1.165) is 12.8 Å². The maximum Gasteiger partial charge on any atom is 0.0120 e. The topological polar surface area (TPSA) is 26.0 Å². The summed E-state index contributed by atoms with van der Waals surface area (Å²) in [7, 11) is 0. The first kappa shape index (κ1) is 11.9. The second kappa shape index (κ2) is 5.65. The van der Waals surface area contributed by atoms with Crippen molar-refractivity contribution in [1.82, 2.24) is 0 Å². The van der Waals surface area contributed by atoms with Crippen molar-refractivity contribution < 1.29 is 0 Å². The molecule has 1 unspecified atom stereocenters. The molecule has 0 saturated heterocycles. The Morgan fingerprint density at radius 3 is 2.24 bits per heavy atom. The van der Waals surface area contributed by atoms with E-state index in [1.54, 1.807) is 0 Å². The standard InChI is InChI=1S/C16H19N/c1-13-6-5-9-15(10-13)12-16(17)11-14-7-3-2-4-8-14/h2-10,16H,11-12,17H2,1H3. The van der Waals surface area contributed by atoms with Gasteiger partial charge in [0, 0.05) is 6.04 Å². The third-order valence-electron chi connectivity index (χ3n) is 2.92. The average Bonchev–Trinajstić information content (AvgIpc) is 2.30. The molecule has 1 heteroatoms. The molecule has 0 spiro atoms. The molecule has 0 saturated carbocycles. The zero-order valence-corrected chi connectivity index (χ0v) is 10.3. The summed E-state index contributed by atoms with van der Waals surface area (Å²) in [6.07, 6.45) is 1.88. The van der Waals surface area contributed by atoms with E-state index in [9.17, 15) is 0 Å². The van der Waals surface area contributed by atoms with Crippen LogP contribution in [0.4, 0.5) is 0 Å². The van der Waals surface area contributed by atoms with Gasteiger partial charge >= 0.3 is 0 Å². The van der Waals surface area contributed by atoms with E-state index in [1.165, 1.54) is 16.7 Å². The Bertz CT molecular complexity index is 462. The van der Waals surface area contributed by atoms with Crippen molar-refractivity contribution in [3.63, 3.8) is 0 Å². The van der Waals surface area contributed by atoms with Crippen LogP contribution in [-0.2, 0) is 12.8 Å². The van der Waals surface area contributed by atoms with Gasteiger partial charge in [-0.3, -0.25) is 0 Å². The summed E-state index contributed by atoms with van der Waals surface area (Å²) in [6.45, 7) is 2.12. The Morgan fingerprint density at radius 2 is 1.53 bits per heavy atom. The lowest BCUT2D eigenvalue weighted by molar-refractivity contribution is 0.664. The Kier molecular flexibility index (Phi) is 3.94. The van der Waals surface area contributed by atoms with Crippen molar-refractivity contribution in [2.75, 3.05) is 0 Å². The van der Waals surface area contributed by atoms with E-state index in [2.05, 4.69) is 55.5 Å². The summed E-state index contributed by atoms with van der Waals surface area (Å²) < 4.78 is 0. The molecule has 2 N–H and O–H groups in total. The third-order valence-corrected chi connectivity index (χ3v) is 2.92. The first-order chi connectivity index (χ1) is 8.24. The van der Waals surface area contributed by atoms with Crippen molar-refractivity contribution >= 4 is 0 Å². The van der Waals surface area contributed by atoms with Gasteiger partial charge in [-0.2, -0.15) is 0 Å². The maximum atomic E-state index is 6.19. The van der Waals surface area contributed by atoms with Crippen LogP contribution in [0.3, 0.4) is 0 Å². The van der Waals surface area contributed by atoms with Crippen molar-refractivity contribution in [2.24, 2.45) is 5.73 Å². The minimum atomic E-state index is 0.194. The lowest BCUT2D eigenvalue weighted by Crippen LogP contribution is -2.25. The molecule has 0 fully saturated rings. The number of hydrogen-bond acceptors (Lipinski definition) is 1. The second-order valence-electron chi connectivity index (χ2n) is 4.64.